The van der Waals surface area contributed by atoms with Crippen LogP contribution in [0, 0.1) is 5.82 Å². The molecule has 0 saturated carbocycles. The fourth-order valence-corrected chi connectivity index (χ4v) is 1.73. The first-order valence-corrected chi connectivity index (χ1v) is 6.95. The average molecular weight is 361 g/mol. The molecule has 0 bridgehead atoms. The summed E-state index contributed by atoms with van der Waals surface area (Å²) >= 11 is 2.98. The number of carboxylic acids is 1. The summed E-state index contributed by atoms with van der Waals surface area (Å²) in [5, 5.41) is 12.8. The predicted molar refractivity (Wildman–Crippen MR) is 77.4 cm³/mol. The van der Waals surface area contributed by atoms with Gasteiger partial charge in [-0.2, -0.15) is 0 Å². The van der Waals surface area contributed by atoms with Gasteiger partial charge in [0.05, 0.1) is 4.47 Å². The molecule has 0 heterocycles. The number of amides is 3. The summed E-state index contributed by atoms with van der Waals surface area (Å²) in [4.78, 5) is 33.2. The number of halogens is 2. The molecule has 0 radical (unpaired) electrons. The van der Waals surface area contributed by atoms with Gasteiger partial charge >= 0.3 is 12.0 Å². The van der Waals surface area contributed by atoms with Crippen molar-refractivity contribution in [1.82, 2.24) is 5.32 Å². The summed E-state index contributed by atoms with van der Waals surface area (Å²) in [6.07, 6.45) is 0.771. The van der Waals surface area contributed by atoms with E-state index in [-0.39, 0.29) is 23.0 Å². The maximum atomic E-state index is 13.2. The first-order chi connectivity index (χ1) is 9.88. The number of rotatable bonds is 6. The molecule has 8 heteroatoms. The van der Waals surface area contributed by atoms with E-state index in [1.54, 1.807) is 0 Å². The smallest absolute Gasteiger partial charge is 0.325 e. The van der Waals surface area contributed by atoms with Gasteiger partial charge in [0.25, 0.3) is 0 Å². The molecule has 1 rings (SSSR count). The van der Waals surface area contributed by atoms with Crippen LogP contribution in [0.15, 0.2) is 22.7 Å². The summed E-state index contributed by atoms with van der Waals surface area (Å²) in [5.41, 5.74) is 0.215. The Labute approximate surface area is 128 Å². The van der Waals surface area contributed by atoms with Crippen molar-refractivity contribution in [2.75, 3.05) is 5.32 Å². The summed E-state index contributed by atoms with van der Waals surface area (Å²) in [6, 6.07) is 3.25. The van der Waals surface area contributed by atoms with E-state index in [0.717, 1.165) is 6.07 Å². The molecule has 3 amide bonds. The van der Waals surface area contributed by atoms with Crippen LogP contribution >= 0.6 is 15.9 Å². The summed E-state index contributed by atoms with van der Waals surface area (Å²) < 4.78 is 13.5. The van der Waals surface area contributed by atoms with Gasteiger partial charge < -0.3 is 10.4 Å². The molecule has 0 unspecified atom stereocenters. The van der Waals surface area contributed by atoms with Crippen molar-refractivity contribution in [3.63, 3.8) is 0 Å². The minimum absolute atomic E-state index is 0.0162. The molecular weight excluding hydrogens is 347 g/mol. The Morgan fingerprint density at radius 3 is 2.48 bits per heavy atom. The van der Waals surface area contributed by atoms with Crippen LogP contribution in [0.5, 0.6) is 0 Å². The van der Waals surface area contributed by atoms with Crippen LogP contribution < -0.4 is 10.6 Å². The third kappa shape index (κ3) is 6.84. The summed E-state index contributed by atoms with van der Waals surface area (Å²) in [7, 11) is 0. The highest BCUT2D eigenvalue weighted by atomic mass is 79.9. The number of imide groups is 1. The van der Waals surface area contributed by atoms with Gasteiger partial charge in [-0.05, 0) is 47.0 Å². The number of unbranched alkanes of at least 4 members (excludes halogenated alkanes) is 1. The number of carbonyl (C=O) groups excluding carboxylic acids is 2. The lowest BCUT2D eigenvalue weighted by Crippen LogP contribution is -2.34. The molecule has 0 spiro atoms. The van der Waals surface area contributed by atoms with Crippen molar-refractivity contribution in [3.05, 3.63) is 28.5 Å². The van der Waals surface area contributed by atoms with Gasteiger partial charge in [0, 0.05) is 18.5 Å². The standard InChI is InChI=1S/C13H14BrFN2O4/c14-9-6-5-8(7-10(9)15)16-13(21)17-11(18)3-1-2-4-12(19)20/h5-7H,1-4H2,(H,19,20)(H2,16,17,18,21). The Kier molecular flexibility index (Phi) is 6.80. The maximum Gasteiger partial charge on any atom is 0.325 e. The monoisotopic (exact) mass is 360 g/mol. The lowest BCUT2D eigenvalue weighted by Gasteiger charge is -2.07. The normalized spacial score (nSPS) is 10.0. The van der Waals surface area contributed by atoms with E-state index in [4.69, 9.17) is 5.11 Å². The Morgan fingerprint density at radius 2 is 1.86 bits per heavy atom. The van der Waals surface area contributed by atoms with Gasteiger partial charge in [-0.25, -0.2) is 9.18 Å². The molecular formula is C13H14BrFN2O4. The van der Waals surface area contributed by atoms with Gasteiger partial charge in [-0.15, -0.1) is 0 Å². The first-order valence-electron chi connectivity index (χ1n) is 6.16. The minimum atomic E-state index is -0.926. The van der Waals surface area contributed by atoms with Gasteiger partial charge in [0.1, 0.15) is 5.82 Å². The van der Waals surface area contributed by atoms with Gasteiger partial charge in [0.2, 0.25) is 5.91 Å². The Morgan fingerprint density at radius 1 is 1.19 bits per heavy atom. The largest absolute Gasteiger partial charge is 0.481 e. The summed E-state index contributed by atoms with van der Waals surface area (Å²) in [5.74, 6) is -1.98. The van der Waals surface area contributed by atoms with Crippen LogP contribution in [0.25, 0.3) is 0 Å². The fraction of sp³-hybridized carbons (Fsp3) is 0.308. The van der Waals surface area contributed by atoms with Crippen LogP contribution in [0.2, 0.25) is 0 Å². The molecule has 0 atom stereocenters. The lowest BCUT2D eigenvalue weighted by molar-refractivity contribution is -0.137. The van der Waals surface area contributed by atoms with Crippen LogP contribution in [-0.2, 0) is 9.59 Å². The van der Waals surface area contributed by atoms with Crippen molar-refractivity contribution in [2.24, 2.45) is 0 Å². The van der Waals surface area contributed by atoms with Crippen molar-refractivity contribution in [2.45, 2.75) is 25.7 Å². The third-order valence-electron chi connectivity index (χ3n) is 2.47. The highest BCUT2D eigenvalue weighted by Crippen LogP contribution is 2.19. The lowest BCUT2D eigenvalue weighted by atomic mass is 10.2. The molecule has 6 nitrogen and oxygen atoms in total. The number of hydrogen-bond donors (Lipinski definition) is 3. The number of carboxylic acid groups (broad SMARTS) is 1. The molecule has 114 valence electrons. The Hall–Kier alpha value is -1.96. The molecule has 0 aliphatic rings. The number of benzene rings is 1. The van der Waals surface area contributed by atoms with E-state index in [0.29, 0.717) is 12.8 Å². The highest BCUT2D eigenvalue weighted by Gasteiger charge is 2.09. The van der Waals surface area contributed by atoms with E-state index in [1.807, 2.05) is 0 Å². The van der Waals surface area contributed by atoms with Crippen LogP contribution in [0.3, 0.4) is 0 Å². The second-order valence-electron chi connectivity index (χ2n) is 4.23. The molecule has 1 aromatic rings. The Balaban J connectivity index is 2.34. The van der Waals surface area contributed by atoms with E-state index in [2.05, 4.69) is 26.6 Å². The molecule has 1 aromatic carbocycles. The summed E-state index contributed by atoms with van der Waals surface area (Å²) in [6.45, 7) is 0. The zero-order valence-corrected chi connectivity index (χ0v) is 12.6. The van der Waals surface area contributed by atoms with E-state index in [9.17, 15) is 18.8 Å². The average Bonchev–Trinajstić information content (AvgIpc) is 2.38. The first kappa shape index (κ1) is 17.1. The molecule has 21 heavy (non-hydrogen) atoms. The highest BCUT2D eigenvalue weighted by molar-refractivity contribution is 9.10. The van der Waals surface area contributed by atoms with E-state index in [1.165, 1.54) is 12.1 Å². The van der Waals surface area contributed by atoms with E-state index < -0.39 is 23.7 Å². The number of anilines is 1. The van der Waals surface area contributed by atoms with Gasteiger partial charge in [-0.3, -0.25) is 14.9 Å². The number of carbonyl (C=O) groups is 3. The van der Waals surface area contributed by atoms with Crippen molar-refractivity contribution >= 4 is 39.5 Å². The van der Waals surface area contributed by atoms with Crippen molar-refractivity contribution in [3.8, 4) is 0 Å². The zero-order chi connectivity index (χ0) is 15.8. The number of aliphatic carboxylic acids is 1. The van der Waals surface area contributed by atoms with Gasteiger partial charge in [-0.1, -0.05) is 0 Å². The van der Waals surface area contributed by atoms with E-state index >= 15 is 0 Å². The van der Waals surface area contributed by atoms with Gasteiger partial charge in [0.15, 0.2) is 0 Å². The third-order valence-corrected chi connectivity index (χ3v) is 3.12. The Bertz CT molecular complexity index is 551. The quantitative estimate of drug-likeness (QED) is 0.679. The zero-order valence-electron chi connectivity index (χ0n) is 11.0. The van der Waals surface area contributed by atoms with Crippen molar-refractivity contribution in [1.29, 1.82) is 0 Å². The molecule has 0 aromatic heterocycles. The van der Waals surface area contributed by atoms with Crippen LogP contribution in [0.4, 0.5) is 14.9 Å². The van der Waals surface area contributed by atoms with Crippen molar-refractivity contribution < 1.29 is 23.9 Å². The molecule has 0 saturated heterocycles. The molecule has 3 N–H and O–H groups in total. The SMILES string of the molecule is O=C(O)CCCCC(=O)NC(=O)Nc1ccc(Br)c(F)c1. The predicted octanol–water partition coefficient (Wildman–Crippen LogP) is 2.88. The fourth-order valence-electron chi connectivity index (χ4n) is 1.49. The van der Waals surface area contributed by atoms with Crippen LogP contribution in [-0.4, -0.2) is 23.0 Å². The second-order valence-corrected chi connectivity index (χ2v) is 5.09. The molecule has 0 aliphatic carbocycles. The topological polar surface area (TPSA) is 95.5 Å². The second kappa shape index (κ2) is 8.35. The molecule has 0 fully saturated rings. The number of hydrogen-bond acceptors (Lipinski definition) is 3. The van der Waals surface area contributed by atoms with Crippen LogP contribution in [0.1, 0.15) is 25.7 Å². The minimum Gasteiger partial charge on any atom is -0.481 e. The number of urea groups is 1. The molecule has 0 aliphatic heterocycles. The number of nitrogens with one attached hydrogen (secondary N) is 2. The maximum absolute atomic E-state index is 13.2.